The summed E-state index contributed by atoms with van der Waals surface area (Å²) < 4.78 is 6.16. The molecule has 2 aliphatic heterocycles. The summed E-state index contributed by atoms with van der Waals surface area (Å²) in [6.07, 6.45) is -0.0218. The number of rotatable bonds is 8. The maximum atomic E-state index is 13.1. The largest absolute Gasteiger partial charge is 0.478 e. The molecule has 47 heavy (non-hydrogen) atoms. The summed E-state index contributed by atoms with van der Waals surface area (Å²) in [6, 6.07) is 21.0. The summed E-state index contributed by atoms with van der Waals surface area (Å²) in [6.45, 7) is 0.0700. The number of carboxylic acid groups (broad SMARTS) is 1. The van der Waals surface area contributed by atoms with E-state index in [0.29, 0.717) is 44.0 Å². The highest BCUT2D eigenvalue weighted by Gasteiger charge is 2.33. The Labute approximate surface area is 267 Å². The van der Waals surface area contributed by atoms with Gasteiger partial charge in [0.1, 0.15) is 11.3 Å². The third-order valence-corrected chi connectivity index (χ3v) is 7.83. The molecule has 0 bridgehead atoms. The van der Waals surface area contributed by atoms with Crippen molar-refractivity contribution in [3.63, 3.8) is 0 Å². The van der Waals surface area contributed by atoms with Crippen LogP contribution in [0.5, 0.6) is 0 Å². The molecule has 0 aromatic heterocycles. The van der Waals surface area contributed by atoms with Crippen LogP contribution in [0.4, 0.5) is 5.69 Å². The first-order chi connectivity index (χ1) is 22.5. The van der Waals surface area contributed by atoms with Crippen molar-refractivity contribution in [2.75, 3.05) is 19.0 Å². The van der Waals surface area contributed by atoms with Crippen LogP contribution in [-0.4, -0.2) is 53.9 Å². The number of carbonyl (C=O) groups excluding carboxylic acids is 4. The van der Waals surface area contributed by atoms with E-state index in [1.54, 1.807) is 42.5 Å². The average molecular weight is 633 g/mol. The maximum Gasteiger partial charge on any atom is 0.363 e. The van der Waals surface area contributed by atoms with Gasteiger partial charge in [-0.05, 0) is 59.7 Å². The van der Waals surface area contributed by atoms with Gasteiger partial charge in [-0.1, -0.05) is 18.2 Å². The fourth-order valence-electron chi connectivity index (χ4n) is 5.36. The Bertz CT molecular complexity index is 2120. The molecule has 3 aliphatic rings. The summed E-state index contributed by atoms with van der Waals surface area (Å²) in [5, 5.41) is 22.5. The molecule has 6 rings (SSSR count). The number of aromatic carboxylic acids is 1. The quantitative estimate of drug-likeness (QED) is 0.163. The van der Waals surface area contributed by atoms with Crippen LogP contribution in [0.15, 0.2) is 83.3 Å². The van der Waals surface area contributed by atoms with E-state index in [2.05, 4.69) is 5.32 Å². The Balaban J connectivity index is 1.26. The minimum atomic E-state index is -1.22. The van der Waals surface area contributed by atoms with Crippen LogP contribution in [-0.2, 0) is 21.0 Å². The Morgan fingerprint density at radius 1 is 0.894 bits per heavy atom. The van der Waals surface area contributed by atoms with E-state index in [0.717, 1.165) is 5.69 Å². The number of carbonyl (C=O) groups is 5. The predicted molar refractivity (Wildman–Crippen MR) is 170 cm³/mol. The van der Waals surface area contributed by atoms with Gasteiger partial charge in [0.2, 0.25) is 0 Å². The lowest BCUT2D eigenvalue weighted by Gasteiger charge is -2.19. The van der Waals surface area contributed by atoms with Crippen LogP contribution in [0.25, 0.3) is 33.4 Å². The average Bonchev–Trinajstić information content (AvgIpc) is 3.37. The molecule has 12 nitrogen and oxygen atoms in total. The Morgan fingerprint density at radius 2 is 1.57 bits per heavy atom. The number of fused-ring (bicyclic) bond motifs is 2. The second-order valence-electron chi connectivity index (χ2n) is 11.2. The second kappa shape index (κ2) is 12.2. The molecule has 3 amide bonds. The minimum absolute atomic E-state index is 0.0109. The Kier molecular flexibility index (Phi) is 8.00. The summed E-state index contributed by atoms with van der Waals surface area (Å²) in [7, 11) is 3.79. The van der Waals surface area contributed by atoms with Crippen molar-refractivity contribution in [2.45, 2.75) is 19.4 Å². The van der Waals surface area contributed by atoms with Gasteiger partial charge in [-0.25, -0.2) is 9.59 Å². The van der Waals surface area contributed by atoms with Crippen LogP contribution in [0.1, 0.15) is 49.5 Å². The number of hydrogen-bond donors (Lipinski definition) is 3. The number of imide groups is 1. The SMILES string of the molecule is CN(C)c1ccc2c(-c3ccc(C(=O)NCc4ccc(C(=O)ON5C(=O)CCC5=O)cc4)cc3C(=O)O)c3ccc(=N)cc-3oc2c1. The number of nitrogens with one attached hydrogen (secondary N) is 2. The summed E-state index contributed by atoms with van der Waals surface area (Å²) in [5.74, 6) is -3.34. The molecule has 0 unspecified atom stereocenters. The van der Waals surface area contributed by atoms with Gasteiger partial charge in [0, 0.05) is 73.4 Å². The van der Waals surface area contributed by atoms with E-state index in [4.69, 9.17) is 14.7 Å². The van der Waals surface area contributed by atoms with E-state index < -0.39 is 29.7 Å². The van der Waals surface area contributed by atoms with Crippen molar-refractivity contribution in [1.82, 2.24) is 10.4 Å². The van der Waals surface area contributed by atoms with Crippen molar-refractivity contribution in [3.05, 3.63) is 106 Å². The molecule has 3 aromatic rings. The van der Waals surface area contributed by atoms with E-state index >= 15 is 0 Å². The lowest BCUT2D eigenvalue weighted by molar-refractivity contribution is -0.172. The van der Waals surface area contributed by atoms with Crippen molar-refractivity contribution in [2.24, 2.45) is 0 Å². The molecule has 2 heterocycles. The molecular formula is C35H28N4O8. The number of hydrogen-bond acceptors (Lipinski definition) is 9. The Morgan fingerprint density at radius 3 is 2.26 bits per heavy atom. The van der Waals surface area contributed by atoms with Gasteiger partial charge in [0.05, 0.1) is 16.5 Å². The van der Waals surface area contributed by atoms with Crippen LogP contribution in [0.3, 0.4) is 0 Å². The van der Waals surface area contributed by atoms with Crippen LogP contribution >= 0.6 is 0 Å². The number of benzene rings is 4. The van der Waals surface area contributed by atoms with Gasteiger partial charge < -0.3 is 30.0 Å². The smallest absolute Gasteiger partial charge is 0.363 e. The summed E-state index contributed by atoms with van der Waals surface area (Å²) in [5.41, 5.74) is 3.79. The van der Waals surface area contributed by atoms with E-state index in [1.807, 2.05) is 37.2 Å². The summed E-state index contributed by atoms with van der Waals surface area (Å²) in [4.78, 5) is 68.4. The fourth-order valence-corrected chi connectivity index (χ4v) is 5.36. The third-order valence-electron chi connectivity index (χ3n) is 7.83. The zero-order chi connectivity index (χ0) is 33.4. The molecule has 12 heteroatoms. The third kappa shape index (κ3) is 6.03. The zero-order valence-corrected chi connectivity index (χ0v) is 25.3. The number of hydroxylamine groups is 2. The van der Waals surface area contributed by atoms with Crippen LogP contribution in [0, 0.1) is 5.41 Å². The van der Waals surface area contributed by atoms with E-state index in [9.17, 15) is 29.1 Å². The zero-order valence-electron chi connectivity index (χ0n) is 25.3. The number of carboxylic acids is 1. The van der Waals surface area contributed by atoms with Gasteiger partial charge in [0.15, 0.2) is 0 Å². The highest BCUT2D eigenvalue weighted by Crippen LogP contribution is 2.42. The lowest BCUT2D eigenvalue weighted by atomic mass is 9.89. The van der Waals surface area contributed by atoms with Gasteiger partial charge >= 0.3 is 11.9 Å². The van der Waals surface area contributed by atoms with Gasteiger partial charge in [-0.2, -0.15) is 0 Å². The Hall–Kier alpha value is -6.30. The molecule has 0 saturated carbocycles. The first-order valence-corrected chi connectivity index (χ1v) is 14.6. The van der Waals surface area contributed by atoms with Gasteiger partial charge in [-0.3, -0.25) is 14.4 Å². The number of anilines is 1. The lowest BCUT2D eigenvalue weighted by Crippen LogP contribution is -2.32. The molecule has 1 aliphatic carbocycles. The fraction of sp³-hybridized carbons (Fsp3) is 0.143. The van der Waals surface area contributed by atoms with E-state index in [-0.39, 0.29) is 41.4 Å². The standard InChI is InChI=1S/C35H28N4O8/c1-38(2)23-9-12-26-29(17-23)46-28-16-22(36)8-11-25(28)32(26)24-10-7-21(15-27(24)34(43)44)33(42)37-18-19-3-5-20(6-4-19)35(45)47-39-30(40)13-14-31(39)41/h3-12,15-17,36H,13-14,18H2,1-2H3,(H,37,42)(H,43,44). The topological polar surface area (TPSA) is 170 Å². The highest BCUT2D eigenvalue weighted by molar-refractivity contribution is 6.09. The van der Waals surface area contributed by atoms with Crippen LogP contribution in [0.2, 0.25) is 0 Å². The van der Waals surface area contributed by atoms with Crippen molar-refractivity contribution < 1.29 is 38.3 Å². The number of nitrogens with zero attached hydrogens (tertiary/aromatic N) is 2. The molecule has 3 aromatic carbocycles. The molecule has 0 atom stereocenters. The van der Waals surface area contributed by atoms with E-state index in [1.165, 1.54) is 18.2 Å². The van der Waals surface area contributed by atoms with Crippen molar-refractivity contribution >= 4 is 46.3 Å². The minimum Gasteiger partial charge on any atom is -0.478 e. The maximum absolute atomic E-state index is 13.1. The highest BCUT2D eigenvalue weighted by atomic mass is 16.7. The van der Waals surface area contributed by atoms with Gasteiger partial charge in [0.25, 0.3) is 17.7 Å². The molecular weight excluding hydrogens is 604 g/mol. The molecule has 3 N–H and O–H groups in total. The molecule has 1 saturated heterocycles. The monoisotopic (exact) mass is 632 g/mol. The van der Waals surface area contributed by atoms with Crippen LogP contribution < -0.4 is 15.6 Å². The first-order valence-electron chi connectivity index (χ1n) is 14.6. The molecule has 236 valence electrons. The molecule has 1 fully saturated rings. The number of amides is 3. The summed E-state index contributed by atoms with van der Waals surface area (Å²) >= 11 is 0. The predicted octanol–water partition coefficient (Wildman–Crippen LogP) is 4.60. The molecule has 0 spiro atoms. The van der Waals surface area contributed by atoms with Crippen molar-refractivity contribution in [1.29, 1.82) is 5.41 Å². The van der Waals surface area contributed by atoms with Gasteiger partial charge in [-0.15, -0.1) is 5.06 Å². The normalized spacial score (nSPS) is 12.9. The molecule has 0 radical (unpaired) electrons. The first kappa shape index (κ1) is 30.7. The second-order valence-corrected chi connectivity index (χ2v) is 11.2. The van der Waals surface area contributed by atoms with Crippen molar-refractivity contribution in [3.8, 4) is 22.5 Å².